The predicted molar refractivity (Wildman–Crippen MR) is 114 cm³/mol. The zero-order valence-electron chi connectivity index (χ0n) is 16.8. The van der Waals surface area contributed by atoms with Gasteiger partial charge >= 0.3 is 0 Å². The Morgan fingerprint density at radius 1 is 1.07 bits per heavy atom. The molecular formula is C23H28N4O. The van der Waals surface area contributed by atoms with Crippen LogP contribution < -0.4 is 5.32 Å². The minimum absolute atomic E-state index is 0.0964. The van der Waals surface area contributed by atoms with E-state index in [1.165, 1.54) is 0 Å². The minimum atomic E-state index is -0.0964. The van der Waals surface area contributed by atoms with Crippen LogP contribution in [0.4, 0.5) is 0 Å². The molecule has 0 saturated heterocycles. The Hall–Kier alpha value is -2.92. The second kappa shape index (κ2) is 9.33. The Kier molecular flexibility index (Phi) is 6.61. The van der Waals surface area contributed by atoms with Crippen LogP contribution in [0.2, 0.25) is 0 Å². The predicted octanol–water partition coefficient (Wildman–Crippen LogP) is 4.00. The Morgan fingerprint density at radius 2 is 1.71 bits per heavy atom. The van der Waals surface area contributed by atoms with Crippen LogP contribution in [0.3, 0.4) is 0 Å². The van der Waals surface area contributed by atoms with Crippen LogP contribution in [-0.4, -0.2) is 46.3 Å². The lowest BCUT2D eigenvalue weighted by atomic mass is 10.1. The summed E-state index contributed by atoms with van der Waals surface area (Å²) in [4.78, 5) is 15.3. The molecule has 0 atom stereocenters. The molecule has 5 heteroatoms. The molecule has 0 saturated carbocycles. The van der Waals surface area contributed by atoms with Crippen molar-refractivity contribution in [2.45, 2.75) is 26.8 Å². The number of nitrogens with one attached hydrogen (secondary N) is 1. The lowest BCUT2D eigenvalue weighted by Gasteiger charge is -2.24. The van der Waals surface area contributed by atoms with E-state index in [1.807, 2.05) is 66.9 Å². The molecule has 1 aromatic heterocycles. The lowest BCUT2D eigenvalue weighted by Crippen LogP contribution is -2.38. The number of likely N-dealkylation sites (N-methyl/N-ethyl adjacent to an activating group) is 1. The van der Waals surface area contributed by atoms with Gasteiger partial charge in [-0.15, -0.1) is 0 Å². The van der Waals surface area contributed by atoms with Gasteiger partial charge in [0.2, 0.25) is 0 Å². The summed E-state index contributed by atoms with van der Waals surface area (Å²) >= 11 is 0. The smallest absolute Gasteiger partial charge is 0.255 e. The van der Waals surface area contributed by atoms with Gasteiger partial charge in [-0.1, -0.05) is 55.5 Å². The summed E-state index contributed by atoms with van der Waals surface area (Å²) in [6.45, 7) is 8.88. The number of carbonyl (C=O) groups excluding carboxylic acids is 1. The number of amides is 1. The van der Waals surface area contributed by atoms with Gasteiger partial charge in [-0.3, -0.25) is 9.69 Å². The number of para-hydroxylation sites is 1. The van der Waals surface area contributed by atoms with E-state index in [2.05, 4.69) is 31.0 Å². The number of benzene rings is 2. The molecule has 0 aliphatic heterocycles. The number of hydrogen-bond donors (Lipinski definition) is 1. The van der Waals surface area contributed by atoms with E-state index in [1.54, 1.807) is 4.68 Å². The van der Waals surface area contributed by atoms with Crippen molar-refractivity contribution in [3.05, 3.63) is 72.4 Å². The average molecular weight is 377 g/mol. The Bertz CT molecular complexity index is 887. The molecule has 5 nitrogen and oxygen atoms in total. The average Bonchev–Trinajstić information content (AvgIpc) is 3.18. The van der Waals surface area contributed by atoms with Crippen LogP contribution in [0.15, 0.2) is 66.9 Å². The van der Waals surface area contributed by atoms with E-state index >= 15 is 0 Å². The van der Waals surface area contributed by atoms with E-state index in [0.717, 1.165) is 24.3 Å². The molecule has 28 heavy (non-hydrogen) atoms. The summed E-state index contributed by atoms with van der Waals surface area (Å²) in [5.74, 6) is -0.0964. The maximum Gasteiger partial charge on any atom is 0.255 e. The van der Waals surface area contributed by atoms with E-state index in [4.69, 9.17) is 5.10 Å². The van der Waals surface area contributed by atoms with Crippen LogP contribution in [0.25, 0.3) is 16.9 Å². The molecular weight excluding hydrogens is 348 g/mol. The first-order valence-electron chi connectivity index (χ1n) is 9.83. The first-order chi connectivity index (χ1) is 13.6. The number of nitrogens with zero attached hydrogens (tertiary/aromatic N) is 3. The molecule has 0 unspecified atom stereocenters. The third kappa shape index (κ3) is 4.67. The summed E-state index contributed by atoms with van der Waals surface area (Å²) in [5, 5.41) is 7.76. The van der Waals surface area contributed by atoms with Crippen molar-refractivity contribution in [2.75, 3.05) is 19.6 Å². The fourth-order valence-electron chi connectivity index (χ4n) is 3.25. The minimum Gasteiger partial charge on any atom is -0.351 e. The number of hydrogen-bond acceptors (Lipinski definition) is 3. The summed E-state index contributed by atoms with van der Waals surface area (Å²) < 4.78 is 1.77. The molecule has 1 heterocycles. The van der Waals surface area contributed by atoms with Gasteiger partial charge in [0.25, 0.3) is 5.91 Å². The summed E-state index contributed by atoms with van der Waals surface area (Å²) in [7, 11) is 0. The van der Waals surface area contributed by atoms with Gasteiger partial charge in [0.1, 0.15) is 5.69 Å². The van der Waals surface area contributed by atoms with Gasteiger partial charge in [0.05, 0.1) is 11.3 Å². The van der Waals surface area contributed by atoms with E-state index in [-0.39, 0.29) is 5.91 Å². The zero-order valence-corrected chi connectivity index (χ0v) is 16.8. The maximum atomic E-state index is 12.9. The second-order valence-electron chi connectivity index (χ2n) is 7.02. The normalized spacial score (nSPS) is 11.2. The van der Waals surface area contributed by atoms with Gasteiger partial charge < -0.3 is 5.32 Å². The van der Waals surface area contributed by atoms with Gasteiger partial charge in [-0.05, 0) is 32.5 Å². The van der Waals surface area contributed by atoms with E-state index < -0.39 is 0 Å². The van der Waals surface area contributed by atoms with Crippen LogP contribution in [0.1, 0.15) is 31.1 Å². The Morgan fingerprint density at radius 3 is 2.32 bits per heavy atom. The molecule has 0 fully saturated rings. The lowest BCUT2D eigenvalue weighted by molar-refractivity contribution is 0.0946. The highest BCUT2D eigenvalue weighted by molar-refractivity contribution is 5.99. The van der Waals surface area contributed by atoms with Crippen molar-refractivity contribution >= 4 is 5.91 Å². The first-order valence-corrected chi connectivity index (χ1v) is 9.83. The molecule has 0 bridgehead atoms. The van der Waals surface area contributed by atoms with Crippen LogP contribution in [-0.2, 0) is 0 Å². The van der Waals surface area contributed by atoms with Gasteiger partial charge in [-0.25, -0.2) is 4.68 Å². The largest absolute Gasteiger partial charge is 0.351 e. The number of carbonyl (C=O) groups is 1. The molecule has 0 radical (unpaired) electrons. The van der Waals surface area contributed by atoms with Gasteiger partial charge in [0, 0.05) is 30.9 Å². The van der Waals surface area contributed by atoms with Crippen molar-refractivity contribution in [3.8, 4) is 16.9 Å². The van der Waals surface area contributed by atoms with Crippen LogP contribution >= 0.6 is 0 Å². The summed E-state index contributed by atoms with van der Waals surface area (Å²) in [6, 6.07) is 20.1. The second-order valence-corrected chi connectivity index (χ2v) is 7.02. The van der Waals surface area contributed by atoms with Gasteiger partial charge in [-0.2, -0.15) is 5.10 Å². The molecule has 1 amide bonds. The number of rotatable bonds is 8. The molecule has 2 aromatic carbocycles. The molecule has 3 aromatic rings. The van der Waals surface area contributed by atoms with E-state index in [0.29, 0.717) is 23.8 Å². The Labute approximate surface area is 167 Å². The highest BCUT2D eigenvalue weighted by atomic mass is 16.1. The van der Waals surface area contributed by atoms with Gasteiger partial charge in [0.15, 0.2) is 0 Å². The molecule has 1 N–H and O–H groups in total. The SMILES string of the molecule is CCN(CCNC(=O)c1cn(-c2ccccc2)nc1-c1ccccc1)C(C)C. The maximum absolute atomic E-state index is 12.9. The topological polar surface area (TPSA) is 50.2 Å². The summed E-state index contributed by atoms with van der Waals surface area (Å²) in [6.07, 6.45) is 1.81. The number of aromatic nitrogens is 2. The molecule has 0 spiro atoms. The molecule has 0 aliphatic rings. The molecule has 3 rings (SSSR count). The highest BCUT2D eigenvalue weighted by Gasteiger charge is 2.18. The molecule has 0 aliphatic carbocycles. The quantitative estimate of drug-likeness (QED) is 0.646. The highest BCUT2D eigenvalue weighted by Crippen LogP contribution is 2.23. The van der Waals surface area contributed by atoms with Crippen molar-refractivity contribution in [1.82, 2.24) is 20.0 Å². The zero-order chi connectivity index (χ0) is 19.9. The fraction of sp³-hybridized carbons (Fsp3) is 0.304. The van der Waals surface area contributed by atoms with Crippen molar-refractivity contribution in [1.29, 1.82) is 0 Å². The summed E-state index contributed by atoms with van der Waals surface area (Å²) in [5.41, 5.74) is 3.14. The van der Waals surface area contributed by atoms with Crippen LogP contribution in [0.5, 0.6) is 0 Å². The van der Waals surface area contributed by atoms with Crippen molar-refractivity contribution in [3.63, 3.8) is 0 Å². The fourth-order valence-corrected chi connectivity index (χ4v) is 3.25. The first kappa shape index (κ1) is 19.8. The van der Waals surface area contributed by atoms with Crippen molar-refractivity contribution in [2.24, 2.45) is 0 Å². The molecule has 146 valence electrons. The van der Waals surface area contributed by atoms with Crippen LogP contribution in [0, 0.1) is 0 Å². The Balaban J connectivity index is 1.84. The monoisotopic (exact) mass is 376 g/mol. The third-order valence-electron chi connectivity index (χ3n) is 4.85. The van der Waals surface area contributed by atoms with E-state index in [9.17, 15) is 4.79 Å². The third-order valence-corrected chi connectivity index (χ3v) is 4.85. The standard InChI is InChI=1S/C23H28N4O/c1-4-26(18(2)3)16-15-24-23(28)21-17-27(20-13-9-6-10-14-20)25-22(21)19-11-7-5-8-12-19/h5-14,17-18H,4,15-16H2,1-3H3,(H,24,28). The van der Waals surface area contributed by atoms with Crippen molar-refractivity contribution < 1.29 is 4.79 Å².